The predicted molar refractivity (Wildman–Crippen MR) is 132 cm³/mol. The van der Waals surface area contributed by atoms with E-state index in [1.54, 1.807) is 24.4 Å². The molecule has 1 aromatic carbocycles. The summed E-state index contributed by atoms with van der Waals surface area (Å²) < 4.78 is 60.1. The first-order valence-electron chi connectivity index (χ1n) is 12.0. The molecule has 1 aliphatic rings. The number of rotatable bonds is 6. The molecule has 2 N–H and O–H groups in total. The second kappa shape index (κ2) is 9.62. The van der Waals surface area contributed by atoms with Gasteiger partial charge in [-0.25, -0.2) is 28.7 Å². The van der Waals surface area contributed by atoms with E-state index in [2.05, 4.69) is 35.4 Å². The van der Waals surface area contributed by atoms with E-state index in [0.29, 0.717) is 36.5 Å². The van der Waals surface area contributed by atoms with E-state index in [4.69, 9.17) is 0 Å². The monoisotopic (exact) mass is 540 g/mol. The summed E-state index contributed by atoms with van der Waals surface area (Å²) in [5, 5.41) is 11.5. The Morgan fingerprint density at radius 3 is 2.90 bits per heavy atom. The number of imidazole rings is 1. The molecule has 14 heteroatoms. The minimum absolute atomic E-state index is 0.0286. The topological polar surface area (TPSA) is 111 Å². The van der Waals surface area contributed by atoms with Gasteiger partial charge in [-0.2, -0.15) is 18.3 Å². The van der Waals surface area contributed by atoms with E-state index in [1.165, 1.54) is 10.7 Å². The highest BCUT2D eigenvalue weighted by atomic mass is 19.4. The third-order valence-electron chi connectivity index (χ3n) is 6.43. The molecule has 1 aliphatic heterocycles. The highest BCUT2D eigenvalue weighted by Crippen LogP contribution is 2.32. The van der Waals surface area contributed by atoms with Gasteiger partial charge in [-0.05, 0) is 35.9 Å². The molecule has 10 nitrogen and oxygen atoms in total. The molecule has 0 atom stereocenters. The number of carbonyl (C=O) groups is 1. The molecule has 5 aromatic rings. The fourth-order valence-corrected chi connectivity index (χ4v) is 4.75. The maximum absolute atomic E-state index is 14.7. The quantitative estimate of drug-likeness (QED) is 0.247. The smallest absolute Gasteiger partial charge is 0.457 e. The Labute approximate surface area is 217 Å². The summed E-state index contributed by atoms with van der Waals surface area (Å²) in [6.45, 7) is 0.953. The van der Waals surface area contributed by atoms with E-state index in [9.17, 15) is 22.4 Å². The Morgan fingerprint density at radius 1 is 1.18 bits per heavy atom. The molecule has 6 rings (SSSR count). The summed E-state index contributed by atoms with van der Waals surface area (Å²) in [6.07, 6.45) is -0.258. The Bertz CT molecular complexity index is 1710. The van der Waals surface area contributed by atoms with Crippen molar-refractivity contribution >= 4 is 34.2 Å². The van der Waals surface area contributed by atoms with Crippen LogP contribution in [0.2, 0.25) is 0 Å². The van der Waals surface area contributed by atoms with Crippen LogP contribution in [0.15, 0.2) is 48.9 Å². The van der Waals surface area contributed by atoms with Gasteiger partial charge >= 0.3 is 12.1 Å². The SMILES string of the molecule is O=C(OCCn1c2c(c3cc(Nc4ncc(F)c(-c5cnc6cccnn56)n4)ccc31)CNCC2)C(F)(F)F. The second-order valence-corrected chi connectivity index (χ2v) is 8.82. The van der Waals surface area contributed by atoms with Gasteiger partial charge in [0.1, 0.15) is 18.0 Å². The molecule has 0 saturated carbocycles. The lowest BCUT2D eigenvalue weighted by molar-refractivity contribution is -0.199. The van der Waals surface area contributed by atoms with Crippen LogP contribution in [0.3, 0.4) is 0 Å². The lowest BCUT2D eigenvalue weighted by atomic mass is 10.1. The number of carbonyl (C=O) groups excluding carboxylic acids is 1. The van der Waals surface area contributed by atoms with Gasteiger partial charge in [0.05, 0.1) is 18.9 Å². The van der Waals surface area contributed by atoms with Crippen LogP contribution in [-0.2, 0) is 29.0 Å². The normalized spacial score (nSPS) is 13.5. The fraction of sp³-hybridized carbons (Fsp3) is 0.240. The highest BCUT2D eigenvalue weighted by Gasteiger charge is 2.40. The van der Waals surface area contributed by atoms with Crippen LogP contribution in [0, 0.1) is 5.82 Å². The molecule has 0 aliphatic carbocycles. The van der Waals surface area contributed by atoms with E-state index < -0.39 is 24.6 Å². The summed E-state index contributed by atoms with van der Waals surface area (Å²) in [5.41, 5.74) is 4.32. The van der Waals surface area contributed by atoms with Crippen LogP contribution in [0.4, 0.5) is 29.2 Å². The van der Waals surface area contributed by atoms with Crippen molar-refractivity contribution in [1.82, 2.24) is 34.4 Å². The molecule has 4 aromatic heterocycles. The third kappa shape index (κ3) is 4.63. The summed E-state index contributed by atoms with van der Waals surface area (Å²) in [5.74, 6) is -2.69. The summed E-state index contributed by atoms with van der Waals surface area (Å²) in [6, 6.07) is 8.93. The number of nitrogens with zero attached hydrogens (tertiary/aromatic N) is 6. The van der Waals surface area contributed by atoms with Gasteiger partial charge in [-0.15, -0.1) is 0 Å². The maximum atomic E-state index is 14.7. The summed E-state index contributed by atoms with van der Waals surface area (Å²) in [7, 11) is 0. The van der Waals surface area contributed by atoms with Gasteiger partial charge in [0.15, 0.2) is 11.5 Å². The number of nitrogens with one attached hydrogen (secondary N) is 2. The maximum Gasteiger partial charge on any atom is 0.490 e. The van der Waals surface area contributed by atoms with Crippen molar-refractivity contribution < 1.29 is 27.1 Å². The van der Waals surface area contributed by atoms with Crippen molar-refractivity contribution in [2.24, 2.45) is 0 Å². The molecule has 0 amide bonds. The molecule has 0 radical (unpaired) electrons. The zero-order valence-corrected chi connectivity index (χ0v) is 20.2. The van der Waals surface area contributed by atoms with Gasteiger partial charge < -0.3 is 19.9 Å². The first-order valence-corrected chi connectivity index (χ1v) is 12.0. The van der Waals surface area contributed by atoms with E-state index in [0.717, 1.165) is 28.4 Å². The largest absolute Gasteiger partial charge is 0.490 e. The number of halogens is 4. The minimum Gasteiger partial charge on any atom is -0.457 e. The molecule has 0 spiro atoms. The third-order valence-corrected chi connectivity index (χ3v) is 6.43. The van der Waals surface area contributed by atoms with Gasteiger partial charge in [-0.3, -0.25) is 0 Å². The van der Waals surface area contributed by atoms with E-state index in [-0.39, 0.29) is 18.2 Å². The Kier molecular flexibility index (Phi) is 6.10. The summed E-state index contributed by atoms with van der Waals surface area (Å²) in [4.78, 5) is 23.8. The van der Waals surface area contributed by atoms with Crippen molar-refractivity contribution in [3.63, 3.8) is 0 Å². The van der Waals surface area contributed by atoms with Crippen molar-refractivity contribution in [2.45, 2.75) is 25.7 Å². The van der Waals surface area contributed by atoms with Gasteiger partial charge in [0.25, 0.3) is 0 Å². The summed E-state index contributed by atoms with van der Waals surface area (Å²) >= 11 is 0. The van der Waals surface area contributed by atoms with Crippen LogP contribution < -0.4 is 10.6 Å². The number of benzene rings is 1. The number of esters is 1. The first-order chi connectivity index (χ1) is 18.8. The van der Waals surface area contributed by atoms with E-state index >= 15 is 0 Å². The molecule has 5 heterocycles. The fourth-order valence-electron chi connectivity index (χ4n) is 4.75. The number of hydrogen-bond acceptors (Lipinski definition) is 8. The van der Waals surface area contributed by atoms with Gasteiger partial charge in [0.2, 0.25) is 5.95 Å². The molecule has 0 fully saturated rings. The first kappa shape index (κ1) is 24.7. The highest BCUT2D eigenvalue weighted by molar-refractivity contribution is 5.89. The Hall–Kier alpha value is -4.59. The lowest BCUT2D eigenvalue weighted by Gasteiger charge is -2.17. The predicted octanol–water partition coefficient (Wildman–Crippen LogP) is 3.77. The van der Waals surface area contributed by atoms with E-state index in [1.807, 2.05) is 16.7 Å². The van der Waals surface area contributed by atoms with Crippen molar-refractivity contribution in [3.05, 3.63) is 66.0 Å². The van der Waals surface area contributed by atoms with Crippen LogP contribution in [0.5, 0.6) is 0 Å². The molecule has 200 valence electrons. The minimum atomic E-state index is -5.04. The number of aromatic nitrogens is 6. The van der Waals surface area contributed by atoms with Crippen LogP contribution in [-0.4, -0.2) is 54.4 Å². The molecule has 0 bridgehead atoms. The molecule has 39 heavy (non-hydrogen) atoms. The van der Waals surface area contributed by atoms with Gasteiger partial charge in [0, 0.05) is 48.0 Å². The van der Waals surface area contributed by atoms with Crippen molar-refractivity contribution in [1.29, 1.82) is 0 Å². The molecular weight excluding hydrogens is 520 g/mol. The zero-order valence-electron chi connectivity index (χ0n) is 20.2. The van der Waals surface area contributed by atoms with Crippen molar-refractivity contribution in [3.8, 4) is 11.4 Å². The molecule has 0 unspecified atom stereocenters. The average molecular weight is 540 g/mol. The van der Waals surface area contributed by atoms with Crippen LogP contribution >= 0.6 is 0 Å². The van der Waals surface area contributed by atoms with Crippen LogP contribution in [0.25, 0.3) is 27.9 Å². The number of alkyl halides is 3. The second-order valence-electron chi connectivity index (χ2n) is 8.82. The number of hydrogen-bond donors (Lipinski definition) is 2. The standard InChI is InChI=1S/C25H20F4N8O2/c26-17-12-32-24(35-22(17)20-13-31-21-2-1-6-33-37(20)21)34-14-3-4-18-15(10-14)16-11-30-7-5-19(16)36(18)8-9-39-23(38)25(27,28)29/h1-4,6,10,12-13,30H,5,7-9,11H2,(H,32,34,35). The zero-order chi connectivity index (χ0) is 27.1. The number of ether oxygens (including phenoxy) is 1. The molecule has 0 saturated heterocycles. The lowest BCUT2D eigenvalue weighted by Crippen LogP contribution is -2.28. The number of anilines is 2. The Morgan fingerprint density at radius 2 is 2.05 bits per heavy atom. The van der Waals surface area contributed by atoms with Crippen molar-refractivity contribution in [2.75, 3.05) is 18.5 Å². The average Bonchev–Trinajstić information content (AvgIpc) is 3.49. The van der Waals surface area contributed by atoms with Gasteiger partial charge in [-0.1, -0.05) is 0 Å². The Balaban J connectivity index is 1.30. The molecular formula is C25H20F4N8O2. The van der Waals surface area contributed by atoms with Crippen LogP contribution in [0.1, 0.15) is 11.3 Å². The number of fused-ring (bicyclic) bond motifs is 4.